The summed E-state index contributed by atoms with van der Waals surface area (Å²) in [6, 6.07) is 8.13. The quantitative estimate of drug-likeness (QED) is 0.514. The number of carbonyl (C=O) groups is 1. The van der Waals surface area contributed by atoms with Crippen molar-refractivity contribution >= 4 is 17.5 Å². The molecule has 1 aromatic carbocycles. The van der Waals surface area contributed by atoms with Gasteiger partial charge in [0.1, 0.15) is 0 Å². The molecular weight excluding hydrogens is 442 g/mol. The van der Waals surface area contributed by atoms with Crippen LogP contribution < -0.4 is 5.32 Å². The molecule has 3 aromatic rings. The first-order chi connectivity index (χ1) is 16.7. The SMILES string of the molecule is Cc1cc(-c2ccnc(Nc3cnn(CCO)c3)n2)ccc1CN1CCN(CC(C)(C)C)CC1=O. The van der Waals surface area contributed by atoms with Gasteiger partial charge in [-0.1, -0.05) is 32.9 Å². The highest BCUT2D eigenvalue weighted by Gasteiger charge is 2.27. The lowest BCUT2D eigenvalue weighted by Gasteiger charge is -2.37. The molecule has 1 saturated heterocycles. The number of aliphatic hydroxyl groups excluding tert-OH is 1. The number of aliphatic hydroxyl groups is 1. The monoisotopic (exact) mass is 477 g/mol. The molecule has 2 aromatic heterocycles. The summed E-state index contributed by atoms with van der Waals surface area (Å²) < 4.78 is 1.66. The van der Waals surface area contributed by atoms with Crippen molar-refractivity contribution in [3.05, 3.63) is 54.0 Å². The van der Waals surface area contributed by atoms with Gasteiger partial charge in [0.15, 0.2) is 0 Å². The van der Waals surface area contributed by atoms with E-state index in [1.807, 2.05) is 17.0 Å². The second-order valence-electron chi connectivity index (χ2n) is 10.3. The predicted octanol–water partition coefficient (Wildman–Crippen LogP) is 3.07. The van der Waals surface area contributed by atoms with Crippen molar-refractivity contribution in [2.45, 2.75) is 40.8 Å². The number of rotatable bonds is 8. The third-order valence-electron chi connectivity index (χ3n) is 5.97. The Hall–Kier alpha value is -3.30. The topological polar surface area (TPSA) is 99.4 Å². The van der Waals surface area contributed by atoms with Gasteiger partial charge in [0, 0.05) is 44.1 Å². The van der Waals surface area contributed by atoms with Crippen LogP contribution in [0, 0.1) is 12.3 Å². The maximum Gasteiger partial charge on any atom is 0.237 e. The van der Waals surface area contributed by atoms with Crippen molar-refractivity contribution in [3.8, 4) is 11.3 Å². The fourth-order valence-electron chi connectivity index (χ4n) is 4.33. The number of hydrogen-bond donors (Lipinski definition) is 2. The number of carbonyl (C=O) groups excluding carboxylic acids is 1. The van der Waals surface area contributed by atoms with Crippen LogP contribution in [-0.4, -0.2) is 73.3 Å². The number of nitrogens with one attached hydrogen (secondary N) is 1. The Morgan fingerprint density at radius 2 is 2.00 bits per heavy atom. The standard InChI is InChI=1S/C26H35N7O2/c1-19-13-20(23-7-8-27-25(30-23)29-22-14-28-33(16-22)11-12-34)5-6-21(19)15-32-10-9-31(17-24(32)35)18-26(2,3)4/h5-8,13-14,16,34H,9-12,15,17-18H2,1-4H3,(H,27,29,30). The average Bonchev–Trinajstić information content (AvgIpc) is 3.23. The highest BCUT2D eigenvalue weighted by molar-refractivity contribution is 5.79. The van der Waals surface area contributed by atoms with E-state index in [0.29, 0.717) is 25.6 Å². The molecule has 35 heavy (non-hydrogen) atoms. The van der Waals surface area contributed by atoms with E-state index in [4.69, 9.17) is 5.11 Å². The van der Waals surface area contributed by atoms with Gasteiger partial charge in [-0.05, 0) is 35.6 Å². The Balaban J connectivity index is 1.41. The third-order valence-corrected chi connectivity index (χ3v) is 5.97. The minimum absolute atomic E-state index is 0.0318. The first-order valence-electron chi connectivity index (χ1n) is 12.0. The average molecular weight is 478 g/mol. The molecule has 1 aliphatic heterocycles. The molecule has 9 nitrogen and oxygen atoms in total. The van der Waals surface area contributed by atoms with Crippen molar-refractivity contribution in [1.29, 1.82) is 0 Å². The van der Waals surface area contributed by atoms with Crippen LogP contribution in [0.3, 0.4) is 0 Å². The maximum absolute atomic E-state index is 12.8. The molecule has 0 radical (unpaired) electrons. The molecule has 0 spiro atoms. The Morgan fingerprint density at radius 1 is 1.17 bits per heavy atom. The van der Waals surface area contributed by atoms with Crippen molar-refractivity contribution in [2.24, 2.45) is 5.41 Å². The first-order valence-corrected chi connectivity index (χ1v) is 12.0. The zero-order chi connectivity index (χ0) is 25.0. The van der Waals surface area contributed by atoms with E-state index in [-0.39, 0.29) is 17.9 Å². The molecule has 0 saturated carbocycles. The van der Waals surface area contributed by atoms with Crippen LogP contribution in [0.5, 0.6) is 0 Å². The number of aryl methyl sites for hydroxylation is 1. The number of amides is 1. The second-order valence-corrected chi connectivity index (χ2v) is 10.3. The minimum Gasteiger partial charge on any atom is -0.394 e. The van der Waals surface area contributed by atoms with E-state index in [9.17, 15) is 4.79 Å². The van der Waals surface area contributed by atoms with Crippen molar-refractivity contribution in [1.82, 2.24) is 29.5 Å². The Bertz CT molecular complexity index is 1170. The molecule has 9 heteroatoms. The minimum atomic E-state index is 0.0318. The van der Waals surface area contributed by atoms with E-state index in [1.165, 1.54) is 0 Å². The third kappa shape index (κ3) is 6.64. The van der Waals surface area contributed by atoms with Crippen LogP contribution in [0.2, 0.25) is 0 Å². The lowest BCUT2D eigenvalue weighted by atomic mass is 9.95. The number of nitrogens with zero attached hydrogens (tertiary/aromatic N) is 6. The molecule has 0 atom stereocenters. The van der Waals surface area contributed by atoms with Gasteiger partial charge in [-0.2, -0.15) is 5.10 Å². The largest absolute Gasteiger partial charge is 0.394 e. The Kier molecular flexibility index (Phi) is 7.47. The van der Waals surface area contributed by atoms with E-state index in [2.05, 4.69) is 65.1 Å². The molecule has 0 bridgehead atoms. The first kappa shape index (κ1) is 24.8. The van der Waals surface area contributed by atoms with Crippen LogP contribution in [-0.2, 0) is 17.9 Å². The molecule has 0 aliphatic carbocycles. The van der Waals surface area contributed by atoms with Crippen molar-refractivity contribution in [2.75, 3.05) is 38.1 Å². The van der Waals surface area contributed by atoms with Gasteiger partial charge in [0.25, 0.3) is 0 Å². The smallest absolute Gasteiger partial charge is 0.237 e. The zero-order valence-corrected chi connectivity index (χ0v) is 21.0. The number of hydrogen-bond acceptors (Lipinski definition) is 7. The summed E-state index contributed by atoms with van der Waals surface area (Å²) >= 11 is 0. The highest BCUT2D eigenvalue weighted by Crippen LogP contribution is 2.24. The van der Waals surface area contributed by atoms with Gasteiger partial charge in [-0.25, -0.2) is 9.97 Å². The number of aromatic nitrogens is 4. The molecule has 2 N–H and O–H groups in total. The molecule has 1 fully saturated rings. The van der Waals surface area contributed by atoms with Crippen LogP contribution in [0.1, 0.15) is 31.9 Å². The summed E-state index contributed by atoms with van der Waals surface area (Å²) in [5.41, 5.74) is 5.03. The van der Waals surface area contributed by atoms with Crippen LogP contribution in [0.25, 0.3) is 11.3 Å². The van der Waals surface area contributed by atoms with E-state index >= 15 is 0 Å². The predicted molar refractivity (Wildman–Crippen MR) is 136 cm³/mol. The highest BCUT2D eigenvalue weighted by atomic mass is 16.3. The van der Waals surface area contributed by atoms with Crippen molar-refractivity contribution in [3.63, 3.8) is 0 Å². The van der Waals surface area contributed by atoms with Gasteiger partial charge in [-0.15, -0.1) is 0 Å². The van der Waals surface area contributed by atoms with Gasteiger partial charge in [0.2, 0.25) is 11.9 Å². The molecule has 186 valence electrons. The normalized spacial score (nSPS) is 15.0. The summed E-state index contributed by atoms with van der Waals surface area (Å²) in [4.78, 5) is 25.9. The molecule has 0 unspecified atom stereocenters. The summed E-state index contributed by atoms with van der Waals surface area (Å²) in [5.74, 6) is 0.671. The van der Waals surface area contributed by atoms with Crippen LogP contribution in [0.4, 0.5) is 11.6 Å². The lowest BCUT2D eigenvalue weighted by molar-refractivity contribution is -0.137. The number of anilines is 2. The van der Waals surface area contributed by atoms with E-state index < -0.39 is 0 Å². The Morgan fingerprint density at radius 3 is 2.71 bits per heavy atom. The Labute approximate surface area is 206 Å². The molecule has 1 amide bonds. The molecular formula is C26H35N7O2. The van der Waals surface area contributed by atoms with Crippen molar-refractivity contribution < 1.29 is 9.90 Å². The summed E-state index contributed by atoms with van der Waals surface area (Å²) in [6.45, 7) is 12.9. The van der Waals surface area contributed by atoms with Crippen LogP contribution in [0.15, 0.2) is 42.9 Å². The van der Waals surface area contributed by atoms with E-state index in [0.717, 1.165) is 47.7 Å². The van der Waals surface area contributed by atoms with Gasteiger partial charge >= 0.3 is 0 Å². The summed E-state index contributed by atoms with van der Waals surface area (Å²) in [6.07, 6.45) is 5.20. The summed E-state index contributed by atoms with van der Waals surface area (Å²) in [7, 11) is 0. The second kappa shape index (κ2) is 10.5. The van der Waals surface area contributed by atoms with Gasteiger partial charge < -0.3 is 15.3 Å². The van der Waals surface area contributed by atoms with E-state index in [1.54, 1.807) is 23.3 Å². The molecule has 4 rings (SSSR count). The fourth-order valence-corrected chi connectivity index (χ4v) is 4.33. The zero-order valence-electron chi connectivity index (χ0n) is 21.0. The van der Waals surface area contributed by atoms with Gasteiger partial charge in [-0.3, -0.25) is 14.4 Å². The maximum atomic E-state index is 12.8. The molecule has 1 aliphatic rings. The number of benzene rings is 1. The number of piperazine rings is 1. The molecule has 3 heterocycles. The van der Waals surface area contributed by atoms with Gasteiger partial charge in [0.05, 0.1) is 37.3 Å². The lowest BCUT2D eigenvalue weighted by Crippen LogP contribution is -2.51. The van der Waals surface area contributed by atoms with Crippen LogP contribution >= 0.6 is 0 Å². The fraction of sp³-hybridized carbons (Fsp3) is 0.462. The summed E-state index contributed by atoms with van der Waals surface area (Å²) in [5, 5.41) is 16.4.